The second kappa shape index (κ2) is 8.87. The smallest absolute Gasteiger partial charge is 0.281 e. The van der Waals surface area contributed by atoms with E-state index in [4.69, 9.17) is 9.47 Å². The van der Waals surface area contributed by atoms with E-state index in [2.05, 4.69) is 20.6 Å². The van der Waals surface area contributed by atoms with Crippen molar-refractivity contribution in [1.82, 2.24) is 15.3 Å². The third kappa shape index (κ3) is 4.22. The van der Waals surface area contributed by atoms with Crippen molar-refractivity contribution in [3.8, 4) is 17.3 Å². The molecule has 0 saturated carbocycles. The fourth-order valence-corrected chi connectivity index (χ4v) is 3.85. The van der Waals surface area contributed by atoms with Crippen molar-refractivity contribution in [3.05, 3.63) is 65.6 Å². The highest BCUT2D eigenvalue weighted by molar-refractivity contribution is 6.05. The minimum absolute atomic E-state index is 0.281. The highest BCUT2D eigenvalue weighted by atomic mass is 19.1. The van der Waals surface area contributed by atoms with E-state index in [9.17, 15) is 9.18 Å². The van der Waals surface area contributed by atoms with Gasteiger partial charge in [-0.1, -0.05) is 6.07 Å². The minimum Gasteiger partial charge on any atom is -0.481 e. The summed E-state index contributed by atoms with van der Waals surface area (Å²) in [5, 5.41) is 6.97. The summed E-state index contributed by atoms with van der Waals surface area (Å²) >= 11 is 0. The van der Waals surface area contributed by atoms with Crippen LogP contribution in [0.2, 0.25) is 0 Å². The van der Waals surface area contributed by atoms with Crippen LogP contribution in [-0.2, 0) is 4.74 Å². The van der Waals surface area contributed by atoms with Crippen LogP contribution in [-0.4, -0.2) is 49.3 Å². The van der Waals surface area contributed by atoms with Crippen molar-refractivity contribution in [2.24, 2.45) is 0 Å². The highest BCUT2D eigenvalue weighted by Crippen LogP contribution is 2.32. The maximum absolute atomic E-state index is 14.9. The number of amides is 1. The van der Waals surface area contributed by atoms with Gasteiger partial charge in [-0.15, -0.1) is 0 Å². The minimum atomic E-state index is -0.418. The molecule has 2 aliphatic heterocycles. The number of hydrogen-bond acceptors (Lipinski definition) is 7. The zero-order valence-corrected chi connectivity index (χ0v) is 17.9. The van der Waals surface area contributed by atoms with E-state index in [0.717, 1.165) is 0 Å². The first-order valence-corrected chi connectivity index (χ1v) is 10.5. The molecule has 1 radical (unpaired) electrons. The molecular weight excluding hydrogens is 425 g/mol. The van der Waals surface area contributed by atoms with E-state index in [1.54, 1.807) is 36.4 Å². The molecule has 0 unspecified atom stereocenters. The predicted octanol–water partition coefficient (Wildman–Crippen LogP) is 3.60. The molecule has 33 heavy (non-hydrogen) atoms. The van der Waals surface area contributed by atoms with Crippen molar-refractivity contribution < 1.29 is 18.7 Å². The summed E-state index contributed by atoms with van der Waals surface area (Å²) in [5.74, 6) is -0.0528. The van der Waals surface area contributed by atoms with Gasteiger partial charge in [0.25, 0.3) is 5.91 Å². The number of pyridine rings is 2. The number of methoxy groups -OCH3 is 1. The molecule has 1 N–H and O–H groups in total. The van der Waals surface area contributed by atoms with Gasteiger partial charge in [-0.25, -0.2) is 19.7 Å². The van der Waals surface area contributed by atoms with E-state index < -0.39 is 5.91 Å². The van der Waals surface area contributed by atoms with Crippen molar-refractivity contribution in [1.29, 1.82) is 0 Å². The Balaban J connectivity index is 1.52. The molecule has 1 saturated heterocycles. The molecule has 2 aromatic heterocycles. The third-order valence-corrected chi connectivity index (χ3v) is 5.47. The van der Waals surface area contributed by atoms with Gasteiger partial charge < -0.3 is 19.7 Å². The van der Waals surface area contributed by atoms with Crippen LogP contribution in [0.5, 0.6) is 5.88 Å². The number of morpholine rings is 1. The maximum Gasteiger partial charge on any atom is 0.281 e. The van der Waals surface area contributed by atoms with E-state index >= 15 is 0 Å². The van der Waals surface area contributed by atoms with Gasteiger partial charge in [0.2, 0.25) is 5.88 Å². The van der Waals surface area contributed by atoms with Crippen LogP contribution >= 0.6 is 0 Å². The summed E-state index contributed by atoms with van der Waals surface area (Å²) in [6.07, 6.45) is 3.18. The summed E-state index contributed by atoms with van der Waals surface area (Å²) in [5.41, 5.74) is 3.08. The van der Waals surface area contributed by atoms with Crippen LogP contribution in [0.4, 0.5) is 21.6 Å². The Morgan fingerprint density at radius 2 is 1.94 bits per heavy atom. The Bertz CT molecular complexity index is 1240. The zero-order chi connectivity index (χ0) is 22.8. The quantitative estimate of drug-likeness (QED) is 0.640. The van der Waals surface area contributed by atoms with Crippen LogP contribution in [0.25, 0.3) is 17.5 Å². The molecule has 0 atom stereocenters. The van der Waals surface area contributed by atoms with Gasteiger partial charge in [0.15, 0.2) is 0 Å². The average Bonchev–Trinajstić information content (AvgIpc) is 2.84. The number of hydrogen-bond donors (Lipinski definition) is 1. The molecule has 2 aliphatic rings. The number of carbonyl (C=O) groups is 1. The lowest BCUT2D eigenvalue weighted by molar-refractivity contribution is 0.0965. The van der Waals surface area contributed by atoms with Crippen molar-refractivity contribution in [2.75, 3.05) is 43.6 Å². The summed E-state index contributed by atoms with van der Waals surface area (Å²) in [7, 11) is 1.54. The normalized spacial score (nSPS) is 15.1. The number of carbonyl (C=O) groups excluding carboxylic acids is 1. The number of rotatable bonds is 5. The van der Waals surface area contributed by atoms with Gasteiger partial charge in [-0.3, -0.25) is 4.79 Å². The topological polar surface area (TPSA) is 90.7 Å². The average molecular weight is 446 g/mol. The Hall–Kier alpha value is -3.98. The first-order chi connectivity index (χ1) is 16.1. The van der Waals surface area contributed by atoms with E-state index in [1.165, 1.54) is 19.4 Å². The van der Waals surface area contributed by atoms with Gasteiger partial charge in [0.1, 0.15) is 11.6 Å². The largest absolute Gasteiger partial charge is 0.481 e. The molecule has 5 rings (SSSR count). The van der Waals surface area contributed by atoms with E-state index in [1.807, 2.05) is 11.0 Å². The van der Waals surface area contributed by atoms with Crippen LogP contribution in [0.15, 0.2) is 48.7 Å². The fraction of sp³-hybridized carbons (Fsp3) is 0.208. The van der Waals surface area contributed by atoms with E-state index in [0.29, 0.717) is 66.1 Å². The molecule has 9 heteroatoms. The number of anilines is 3. The molecular formula is C24H21FN5O3. The molecule has 1 aromatic carbocycles. The first-order valence-electron chi connectivity index (χ1n) is 10.5. The number of aromatic nitrogens is 2. The summed E-state index contributed by atoms with van der Waals surface area (Å²) in [6.45, 7) is 2.41. The Labute approximate surface area is 190 Å². The van der Waals surface area contributed by atoms with Crippen molar-refractivity contribution in [2.45, 2.75) is 0 Å². The number of nitrogens with one attached hydrogen (secondary N) is 1. The number of ether oxygens (including phenoxy) is 2. The third-order valence-electron chi connectivity index (χ3n) is 5.47. The van der Waals surface area contributed by atoms with Gasteiger partial charge >= 0.3 is 0 Å². The number of halogens is 1. The number of fused-ring (bicyclic) bond motifs is 1. The van der Waals surface area contributed by atoms with Gasteiger partial charge in [-0.05, 0) is 42.0 Å². The lowest BCUT2D eigenvalue weighted by Crippen LogP contribution is -2.36. The van der Waals surface area contributed by atoms with Crippen LogP contribution in [0, 0.1) is 5.82 Å². The molecule has 0 aliphatic carbocycles. The Morgan fingerprint density at radius 1 is 1.09 bits per heavy atom. The fourth-order valence-electron chi connectivity index (χ4n) is 3.85. The standard InChI is InChI=1S/C24H21FN5O3/c1-32-21-4-2-3-18(28-21)19-13-15-7-8-26-24(31)22(15)23(29-19)27-16-5-6-20(17(25)14-16)30-9-11-33-12-10-30/h2-8,13-14H,9-12H2,1H3,(H,27,29). The summed E-state index contributed by atoms with van der Waals surface area (Å²) in [6, 6.07) is 12.0. The van der Waals surface area contributed by atoms with E-state index in [-0.39, 0.29) is 11.6 Å². The zero-order valence-electron chi connectivity index (χ0n) is 17.9. The van der Waals surface area contributed by atoms with Gasteiger partial charge in [-0.2, -0.15) is 0 Å². The molecule has 3 aromatic rings. The second-order valence-electron chi connectivity index (χ2n) is 7.53. The lowest BCUT2D eigenvalue weighted by Gasteiger charge is -2.29. The van der Waals surface area contributed by atoms with Crippen molar-refractivity contribution >= 4 is 29.2 Å². The molecule has 0 spiro atoms. The first kappa shape index (κ1) is 20.9. The molecule has 1 fully saturated rings. The lowest BCUT2D eigenvalue weighted by atomic mass is 10.0. The maximum atomic E-state index is 14.9. The number of benzene rings is 1. The Morgan fingerprint density at radius 3 is 2.73 bits per heavy atom. The molecule has 1 amide bonds. The SMILES string of the molecule is COc1cccc(-c2cc3c(c(Nc4ccc(N5CCOCC5)c(F)c4)n2)C(=O)[N]C=C3)n1. The number of nitrogens with zero attached hydrogens (tertiary/aromatic N) is 4. The molecule has 8 nitrogen and oxygen atoms in total. The van der Waals surface area contributed by atoms with Crippen LogP contribution in [0.3, 0.4) is 0 Å². The summed E-state index contributed by atoms with van der Waals surface area (Å²) in [4.78, 5) is 23.6. The van der Waals surface area contributed by atoms with Gasteiger partial charge in [0.05, 0.1) is 43.0 Å². The van der Waals surface area contributed by atoms with Crippen molar-refractivity contribution in [3.63, 3.8) is 0 Å². The molecule has 4 heterocycles. The second-order valence-corrected chi connectivity index (χ2v) is 7.53. The predicted molar refractivity (Wildman–Crippen MR) is 122 cm³/mol. The Kier molecular flexibility index (Phi) is 5.62. The molecule has 0 bridgehead atoms. The van der Waals surface area contributed by atoms with Crippen LogP contribution in [0.1, 0.15) is 15.9 Å². The monoisotopic (exact) mass is 446 g/mol. The highest BCUT2D eigenvalue weighted by Gasteiger charge is 2.23. The summed E-state index contributed by atoms with van der Waals surface area (Å²) < 4.78 is 25.5. The van der Waals surface area contributed by atoms with Gasteiger partial charge in [0, 0.05) is 31.0 Å². The van der Waals surface area contributed by atoms with Crippen LogP contribution < -0.4 is 20.3 Å². The molecule has 167 valence electrons.